The molecule has 0 aliphatic carbocycles. The first-order chi connectivity index (χ1) is 10.7. The van der Waals surface area contributed by atoms with Gasteiger partial charge in [-0.05, 0) is 12.3 Å². The molecule has 1 atom stereocenters. The van der Waals surface area contributed by atoms with E-state index in [1.165, 1.54) is 0 Å². The minimum absolute atomic E-state index is 0.297. The van der Waals surface area contributed by atoms with E-state index in [2.05, 4.69) is 18.7 Å². The molecule has 1 unspecified atom stereocenters. The Balaban J connectivity index is 2.32. The molecule has 6 heteroatoms. The molecular weight excluding hydrogens is 286 g/mol. The van der Waals surface area contributed by atoms with E-state index in [0.717, 1.165) is 19.5 Å². The molecule has 0 saturated carbocycles. The predicted octanol–water partition coefficient (Wildman–Crippen LogP) is 0.775. The van der Waals surface area contributed by atoms with Crippen LogP contribution in [0.15, 0.2) is 0 Å². The number of ether oxygens (including phenoxy) is 4. The monoisotopic (exact) mass is 319 g/mol. The molecule has 0 radical (unpaired) electrons. The van der Waals surface area contributed by atoms with Gasteiger partial charge in [0.2, 0.25) is 0 Å². The molecule has 1 heterocycles. The molecule has 0 aromatic rings. The van der Waals surface area contributed by atoms with Crippen LogP contribution in [0.3, 0.4) is 0 Å². The SMILES string of the molecule is CC(C)CC(O)CN1CCOCCOCCOCCOCC1. The summed E-state index contributed by atoms with van der Waals surface area (Å²) in [6.45, 7) is 11.4. The van der Waals surface area contributed by atoms with Crippen LogP contribution in [0, 0.1) is 5.92 Å². The second kappa shape index (κ2) is 13.2. The summed E-state index contributed by atoms with van der Waals surface area (Å²) in [6.07, 6.45) is 0.522. The van der Waals surface area contributed by atoms with Gasteiger partial charge in [-0.1, -0.05) is 13.8 Å². The highest BCUT2D eigenvalue weighted by Crippen LogP contribution is 2.06. The van der Waals surface area contributed by atoms with Crippen molar-refractivity contribution in [1.82, 2.24) is 4.90 Å². The van der Waals surface area contributed by atoms with Crippen LogP contribution < -0.4 is 0 Å². The Morgan fingerprint density at radius 2 is 1.18 bits per heavy atom. The minimum Gasteiger partial charge on any atom is -0.392 e. The van der Waals surface area contributed by atoms with Gasteiger partial charge in [0.25, 0.3) is 0 Å². The van der Waals surface area contributed by atoms with Crippen LogP contribution in [0.1, 0.15) is 20.3 Å². The molecule has 132 valence electrons. The van der Waals surface area contributed by atoms with Crippen molar-refractivity contribution < 1.29 is 24.1 Å². The van der Waals surface area contributed by atoms with Crippen LogP contribution in [0.5, 0.6) is 0 Å². The van der Waals surface area contributed by atoms with Gasteiger partial charge >= 0.3 is 0 Å². The lowest BCUT2D eigenvalue weighted by Crippen LogP contribution is -2.38. The van der Waals surface area contributed by atoms with Gasteiger partial charge < -0.3 is 24.1 Å². The zero-order valence-corrected chi connectivity index (χ0v) is 14.2. The molecule has 1 aliphatic heterocycles. The Morgan fingerprint density at radius 1 is 0.773 bits per heavy atom. The molecule has 1 aliphatic rings. The topological polar surface area (TPSA) is 60.4 Å². The lowest BCUT2D eigenvalue weighted by atomic mass is 10.1. The normalized spacial score (nSPS) is 22.9. The van der Waals surface area contributed by atoms with E-state index in [4.69, 9.17) is 18.9 Å². The predicted molar refractivity (Wildman–Crippen MR) is 85.2 cm³/mol. The van der Waals surface area contributed by atoms with Crippen molar-refractivity contribution in [1.29, 1.82) is 0 Å². The maximum Gasteiger partial charge on any atom is 0.0701 e. The van der Waals surface area contributed by atoms with E-state index >= 15 is 0 Å². The summed E-state index contributed by atoms with van der Waals surface area (Å²) in [4.78, 5) is 2.20. The largest absolute Gasteiger partial charge is 0.392 e. The van der Waals surface area contributed by atoms with Crippen molar-refractivity contribution in [2.75, 3.05) is 72.5 Å². The lowest BCUT2D eigenvalue weighted by Gasteiger charge is -2.25. The fourth-order valence-corrected chi connectivity index (χ4v) is 2.36. The number of aliphatic hydroxyl groups excluding tert-OH is 1. The van der Waals surface area contributed by atoms with Crippen LogP contribution >= 0.6 is 0 Å². The Morgan fingerprint density at radius 3 is 1.59 bits per heavy atom. The number of rotatable bonds is 4. The number of aliphatic hydroxyl groups is 1. The molecule has 22 heavy (non-hydrogen) atoms. The molecule has 0 aromatic carbocycles. The summed E-state index contributed by atoms with van der Waals surface area (Å²) in [5.74, 6) is 0.500. The first-order valence-electron chi connectivity index (χ1n) is 8.40. The summed E-state index contributed by atoms with van der Waals surface area (Å²) in [7, 11) is 0. The smallest absolute Gasteiger partial charge is 0.0701 e. The van der Waals surface area contributed by atoms with Crippen molar-refractivity contribution in [3.05, 3.63) is 0 Å². The summed E-state index contributed by atoms with van der Waals surface area (Å²) >= 11 is 0. The molecule has 0 amide bonds. The second-order valence-corrected chi connectivity index (χ2v) is 6.03. The van der Waals surface area contributed by atoms with Crippen LogP contribution in [0.25, 0.3) is 0 Å². The van der Waals surface area contributed by atoms with Gasteiger partial charge in [-0.15, -0.1) is 0 Å². The molecule has 0 aromatic heterocycles. The minimum atomic E-state index is -0.297. The summed E-state index contributed by atoms with van der Waals surface area (Å²) < 4.78 is 21.9. The molecule has 6 nitrogen and oxygen atoms in total. The van der Waals surface area contributed by atoms with Gasteiger partial charge in [0.1, 0.15) is 0 Å². The fraction of sp³-hybridized carbons (Fsp3) is 1.00. The van der Waals surface area contributed by atoms with Gasteiger partial charge in [0.15, 0.2) is 0 Å². The molecule has 1 saturated heterocycles. The van der Waals surface area contributed by atoms with E-state index in [-0.39, 0.29) is 6.10 Å². The van der Waals surface area contributed by atoms with Crippen molar-refractivity contribution in [2.24, 2.45) is 5.92 Å². The number of hydrogen-bond donors (Lipinski definition) is 1. The van der Waals surface area contributed by atoms with E-state index in [0.29, 0.717) is 65.3 Å². The maximum atomic E-state index is 10.1. The Bertz CT molecular complexity index is 237. The number of hydrogen-bond acceptors (Lipinski definition) is 6. The van der Waals surface area contributed by atoms with Crippen molar-refractivity contribution >= 4 is 0 Å². The van der Waals surface area contributed by atoms with Crippen molar-refractivity contribution in [3.63, 3.8) is 0 Å². The molecule has 1 rings (SSSR count). The highest BCUT2D eigenvalue weighted by Gasteiger charge is 2.13. The highest BCUT2D eigenvalue weighted by atomic mass is 16.6. The van der Waals surface area contributed by atoms with Crippen molar-refractivity contribution in [3.8, 4) is 0 Å². The van der Waals surface area contributed by atoms with E-state index < -0.39 is 0 Å². The van der Waals surface area contributed by atoms with Crippen LogP contribution in [-0.2, 0) is 18.9 Å². The Labute approximate surface area is 134 Å². The van der Waals surface area contributed by atoms with Crippen molar-refractivity contribution in [2.45, 2.75) is 26.4 Å². The van der Waals surface area contributed by atoms with Gasteiger partial charge in [-0.2, -0.15) is 0 Å². The van der Waals surface area contributed by atoms with E-state index in [1.807, 2.05) is 0 Å². The third-order valence-electron chi connectivity index (χ3n) is 3.43. The van der Waals surface area contributed by atoms with Gasteiger partial charge in [-0.3, -0.25) is 4.90 Å². The van der Waals surface area contributed by atoms with Crippen LogP contribution in [0.4, 0.5) is 0 Å². The Hall–Kier alpha value is -0.240. The quantitative estimate of drug-likeness (QED) is 0.826. The molecule has 0 spiro atoms. The van der Waals surface area contributed by atoms with E-state index in [1.54, 1.807) is 0 Å². The second-order valence-electron chi connectivity index (χ2n) is 6.03. The number of β-amino-alcohol motifs (C(OH)–C–C–N with tert-alkyl or cyclic N) is 1. The molecular formula is C16H33NO5. The third kappa shape index (κ3) is 11.3. The zero-order valence-electron chi connectivity index (χ0n) is 14.2. The lowest BCUT2D eigenvalue weighted by molar-refractivity contribution is 0.00206. The number of nitrogens with zero attached hydrogens (tertiary/aromatic N) is 1. The van der Waals surface area contributed by atoms with Gasteiger partial charge in [0.05, 0.1) is 59.0 Å². The molecule has 0 bridgehead atoms. The third-order valence-corrected chi connectivity index (χ3v) is 3.43. The van der Waals surface area contributed by atoms with Crippen LogP contribution in [-0.4, -0.2) is 88.6 Å². The molecule has 1 N–H and O–H groups in total. The standard InChI is InChI=1S/C16H33NO5/c1-15(2)13-16(18)14-17-3-5-19-7-9-21-11-12-22-10-8-20-6-4-17/h15-16,18H,3-14H2,1-2H3. The highest BCUT2D eigenvalue weighted by molar-refractivity contribution is 4.66. The first kappa shape index (κ1) is 19.8. The van der Waals surface area contributed by atoms with Crippen LogP contribution in [0.2, 0.25) is 0 Å². The van der Waals surface area contributed by atoms with E-state index in [9.17, 15) is 5.11 Å². The molecule has 1 fully saturated rings. The summed E-state index contributed by atoms with van der Waals surface area (Å²) in [5, 5.41) is 10.1. The first-order valence-corrected chi connectivity index (χ1v) is 8.40. The maximum absolute atomic E-state index is 10.1. The summed E-state index contributed by atoms with van der Waals surface area (Å²) in [5.41, 5.74) is 0. The average Bonchev–Trinajstić information content (AvgIpc) is 2.46. The summed E-state index contributed by atoms with van der Waals surface area (Å²) in [6, 6.07) is 0. The fourth-order valence-electron chi connectivity index (χ4n) is 2.36. The average molecular weight is 319 g/mol. The van der Waals surface area contributed by atoms with Gasteiger partial charge in [0, 0.05) is 19.6 Å². The van der Waals surface area contributed by atoms with Gasteiger partial charge in [-0.25, -0.2) is 0 Å². The Kier molecular flexibility index (Phi) is 11.9. The zero-order chi connectivity index (χ0) is 16.0.